The Kier molecular flexibility index (Phi) is 7.36. The summed E-state index contributed by atoms with van der Waals surface area (Å²) in [4.78, 5) is 0. The predicted octanol–water partition coefficient (Wildman–Crippen LogP) is 9.63. The summed E-state index contributed by atoms with van der Waals surface area (Å²) in [6.07, 6.45) is 2.43. The lowest BCUT2D eigenvalue weighted by Gasteiger charge is -2.65. The first-order valence-corrected chi connectivity index (χ1v) is 11.5. The number of hydrogen-bond acceptors (Lipinski definition) is 0. The van der Waals surface area contributed by atoms with Gasteiger partial charge in [-0.05, 0) is 43.8 Å². The predicted molar refractivity (Wildman–Crippen MR) is 126 cm³/mol. The topological polar surface area (TPSA) is 0 Å². The Hall–Kier alpha value is 0. The Balaban J connectivity index is 6.37. The van der Waals surface area contributed by atoms with E-state index in [2.05, 4.69) is 118 Å². The van der Waals surface area contributed by atoms with E-state index in [4.69, 9.17) is 0 Å². The minimum Gasteiger partial charge on any atom is -0.0649 e. The number of hydrogen-bond donors (Lipinski definition) is 0. The Morgan fingerprint density at radius 3 is 1.00 bits per heavy atom. The molecule has 0 rings (SSSR count). The molecule has 0 N–H and O–H groups in total. The van der Waals surface area contributed by atoms with Gasteiger partial charge in [-0.25, -0.2) is 0 Å². The van der Waals surface area contributed by atoms with Crippen molar-refractivity contribution in [2.75, 3.05) is 0 Å². The van der Waals surface area contributed by atoms with Crippen LogP contribution < -0.4 is 0 Å². The van der Waals surface area contributed by atoms with Gasteiger partial charge in [0.15, 0.2) is 0 Å². The molecular weight excluding hydrogens is 324 g/mol. The van der Waals surface area contributed by atoms with E-state index in [0.29, 0.717) is 16.7 Å². The molecule has 0 heterocycles. The molecule has 0 aromatic rings. The van der Waals surface area contributed by atoms with Crippen LogP contribution in [0.1, 0.15) is 131 Å². The minimum atomic E-state index is 0.197. The molecule has 0 saturated heterocycles. The second-order valence-electron chi connectivity index (χ2n) is 13.5. The normalized spacial score (nSPS) is 17.2. The van der Waals surface area contributed by atoms with Gasteiger partial charge < -0.3 is 0 Å². The smallest absolute Gasteiger partial charge is 0.0244 e. The van der Waals surface area contributed by atoms with Crippen LogP contribution >= 0.6 is 0 Å². The second kappa shape index (κ2) is 7.36. The van der Waals surface area contributed by atoms with Crippen molar-refractivity contribution in [2.45, 2.75) is 131 Å². The van der Waals surface area contributed by atoms with E-state index < -0.39 is 0 Å². The lowest BCUT2D eigenvalue weighted by atomic mass is 9.40. The molecule has 0 aliphatic heterocycles. The lowest BCUT2D eigenvalue weighted by Crippen LogP contribution is -2.58. The molecule has 0 spiro atoms. The summed E-state index contributed by atoms with van der Waals surface area (Å²) in [5.41, 5.74) is 1.70. The molecular formula is C27H56. The van der Waals surface area contributed by atoms with Crippen LogP contribution in [0.5, 0.6) is 0 Å². The zero-order valence-electron chi connectivity index (χ0n) is 22.5. The summed E-state index contributed by atoms with van der Waals surface area (Å²) in [6, 6.07) is 0. The van der Waals surface area contributed by atoms with Crippen LogP contribution in [-0.4, -0.2) is 0 Å². The Morgan fingerprint density at radius 2 is 0.704 bits per heavy atom. The molecule has 0 nitrogen and oxygen atoms in total. The van der Waals surface area contributed by atoms with Gasteiger partial charge in [0.1, 0.15) is 0 Å². The van der Waals surface area contributed by atoms with E-state index in [0.717, 1.165) is 0 Å². The van der Waals surface area contributed by atoms with Crippen molar-refractivity contribution in [3.8, 4) is 0 Å². The summed E-state index contributed by atoms with van der Waals surface area (Å²) in [5.74, 6) is 0.591. The van der Waals surface area contributed by atoms with E-state index in [1.807, 2.05) is 0 Å². The molecule has 27 heavy (non-hydrogen) atoms. The Morgan fingerprint density at radius 1 is 0.444 bits per heavy atom. The van der Waals surface area contributed by atoms with E-state index in [-0.39, 0.29) is 27.1 Å². The highest BCUT2D eigenvalue weighted by molar-refractivity contribution is 5.08. The summed E-state index contributed by atoms with van der Waals surface area (Å²) in [6.45, 7) is 42.4. The summed E-state index contributed by atoms with van der Waals surface area (Å²) in [5, 5.41) is 0. The fraction of sp³-hybridized carbons (Fsp3) is 1.00. The van der Waals surface area contributed by atoms with Crippen LogP contribution in [0.25, 0.3) is 0 Å². The van der Waals surface area contributed by atoms with Crippen LogP contribution in [0.15, 0.2) is 0 Å². The highest BCUT2D eigenvalue weighted by Crippen LogP contribution is 2.67. The van der Waals surface area contributed by atoms with Crippen molar-refractivity contribution in [3.63, 3.8) is 0 Å². The van der Waals surface area contributed by atoms with Crippen molar-refractivity contribution in [3.05, 3.63) is 0 Å². The first kappa shape index (κ1) is 27.0. The number of rotatable bonds is 9. The van der Waals surface area contributed by atoms with Gasteiger partial charge in [-0.3, -0.25) is 0 Å². The Labute approximate surface area is 174 Å². The van der Waals surface area contributed by atoms with Crippen molar-refractivity contribution >= 4 is 0 Å². The summed E-state index contributed by atoms with van der Waals surface area (Å²) < 4.78 is 0. The van der Waals surface area contributed by atoms with Crippen molar-refractivity contribution in [1.29, 1.82) is 0 Å². The molecule has 0 saturated carbocycles. The van der Waals surface area contributed by atoms with Crippen molar-refractivity contribution < 1.29 is 0 Å². The van der Waals surface area contributed by atoms with Crippen LogP contribution in [0.4, 0.5) is 0 Å². The van der Waals surface area contributed by atoms with Gasteiger partial charge in [-0.1, -0.05) is 131 Å². The molecule has 0 heteroatoms. The van der Waals surface area contributed by atoms with Gasteiger partial charge in [-0.15, -0.1) is 0 Å². The molecule has 0 aromatic heterocycles. The van der Waals surface area contributed by atoms with Gasteiger partial charge in [0.25, 0.3) is 0 Å². The molecule has 0 aromatic carbocycles. The Bertz CT molecular complexity index is 494. The third kappa shape index (κ3) is 3.77. The van der Waals surface area contributed by atoms with Gasteiger partial charge in [0, 0.05) is 0 Å². The maximum atomic E-state index is 2.54. The molecule has 164 valence electrons. The summed E-state index contributed by atoms with van der Waals surface area (Å²) >= 11 is 0. The largest absolute Gasteiger partial charge is 0.0649 e. The average molecular weight is 381 g/mol. The first-order chi connectivity index (χ1) is 11.5. The molecule has 0 fully saturated rings. The van der Waals surface area contributed by atoms with Gasteiger partial charge in [0.05, 0.1) is 0 Å². The zero-order valence-corrected chi connectivity index (χ0v) is 22.5. The molecule has 0 amide bonds. The monoisotopic (exact) mass is 380 g/mol. The molecule has 0 bridgehead atoms. The highest BCUT2D eigenvalue weighted by Gasteiger charge is 2.60. The van der Waals surface area contributed by atoms with Gasteiger partial charge >= 0.3 is 0 Å². The SMILES string of the molecule is CCC(C)(C)C(C)(C)C(C)(C)C(C)C(C)(C)C(C)(C)C(C)(C)C(C)(C)CC. The molecule has 1 unspecified atom stereocenters. The first-order valence-electron chi connectivity index (χ1n) is 11.5. The fourth-order valence-corrected chi connectivity index (χ4v) is 5.39. The fourth-order valence-electron chi connectivity index (χ4n) is 5.39. The third-order valence-corrected chi connectivity index (χ3v) is 12.1. The summed E-state index contributed by atoms with van der Waals surface area (Å²) in [7, 11) is 0. The van der Waals surface area contributed by atoms with Crippen LogP contribution in [0.3, 0.4) is 0 Å². The van der Waals surface area contributed by atoms with Gasteiger partial charge in [0.2, 0.25) is 0 Å². The highest BCUT2D eigenvalue weighted by atomic mass is 14.6. The third-order valence-electron chi connectivity index (χ3n) is 12.1. The maximum absolute atomic E-state index is 2.54. The standard InChI is InChI=1S/C27H56/c1-18-21(4,5)25(12,13)23(8,9)20(3)24(10,11)27(16,17)26(14,15)22(6,7)19-2/h20H,18-19H2,1-17H3. The van der Waals surface area contributed by atoms with Crippen LogP contribution in [-0.2, 0) is 0 Å². The average Bonchev–Trinajstić information content (AvgIpc) is 2.52. The van der Waals surface area contributed by atoms with E-state index in [9.17, 15) is 0 Å². The van der Waals surface area contributed by atoms with Crippen LogP contribution in [0, 0.1) is 43.8 Å². The van der Waals surface area contributed by atoms with E-state index in [1.54, 1.807) is 0 Å². The lowest BCUT2D eigenvalue weighted by molar-refractivity contribution is -0.166. The molecule has 0 radical (unpaired) electrons. The van der Waals surface area contributed by atoms with Gasteiger partial charge in [-0.2, -0.15) is 0 Å². The molecule has 1 atom stereocenters. The maximum Gasteiger partial charge on any atom is -0.0244 e. The minimum absolute atomic E-state index is 0.197. The van der Waals surface area contributed by atoms with E-state index >= 15 is 0 Å². The zero-order chi connectivity index (χ0) is 22.5. The van der Waals surface area contributed by atoms with Crippen molar-refractivity contribution in [2.24, 2.45) is 43.8 Å². The van der Waals surface area contributed by atoms with Crippen LogP contribution in [0.2, 0.25) is 0 Å². The second-order valence-corrected chi connectivity index (χ2v) is 13.5. The quantitative estimate of drug-likeness (QED) is 0.373. The molecule has 0 aliphatic rings. The molecule has 0 aliphatic carbocycles. The van der Waals surface area contributed by atoms with Crippen molar-refractivity contribution in [1.82, 2.24) is 0 Å². The van der Waals surface area contributed by atoms with E-state index in [1.165, 1.54) is 12.8 Å².